The van der Waals surface area contributed by atoms with Crippen molar-refractivity contribution in [3.63, 3.8) is 0 Å². The molecule has 4 rings (SSSR count). The van der Waals surface area contributed by atoms with Crippen LogP contribution in [0, 0.1) is 0 Å². The van der Waals surface area contributed by atoms with Gasteiger partial charge in [0.15, 0.2) is 5.65 Å². The van der Waals surface area contributed by atoms with Crippen LogP contribution in [0.3, 0.4) is 0 Å². The summed E-state index contributed by atoms with van der Waals surface area (Å²) in [6.07, 6.45) is 0. The van der Waals surface area contributed by atoms with E-state index in [4.69, 9.17) is 4.74 Å². The second-order valence-corrected chi connectivity index (χ2v) is 5.94. The maximum Gasteiger partial charge on any atom is 0.336 e. The number of phenolic OH excluding ortho intramolecular Hbond substituents is 1. The number of carboxylic acids is 1. The molecule has 0 atom stereocenters. The van der Waals surface area contributed by atoms with Crippen molar-refractivity contribution in [1.29, 1.82) is 0 Å². The van der Waals surface area contributed by atoms with Gasteiger partial charge in [-0.3, -0.25) is 5.10 Å². The molecule has 0 spiro atoms. The van der Waals surface area contributed by atoms with Gasteiger partial charge in [0, 0.05) is 11.1 Å². The van der Waals surface area contributed by atoms with E-state index in [-0.39, 0.29) is 11.3 Å². The minimum absolute atomic E-state index is 0.0761. The van der Waals surface area contributed by atoms with Gasteiger partial charge in [-0.05, 0) is 42.5 Å². The number of aromatic hydroxyl groups is 1. The number of aromatic amines is 1. The Kier molecular flexibility index (Phi) is 3.97. The van der Waals surface area contributed by atoms with Crippen LogP contribution in [0.1, 0.15) is 10.4 Å². The molecule has 4 aromatic rings. The van der Waals surface area contributed by atoms with E-state index in [0.717, 1.165) is 5.56 Å². The molecule has 2 aromatic carbocycles. The summed E-state index contributed by atoms with van der Waals surface area (Å²) in [5.74, 6) is -0.308. The lowest BCUT2D eigenvalue weighted by atomic mass is 10.0. The van der Waals surface area contributed by atoms with Crippen molar-refractivity contribution in [3.8, 4) is 34.0 Å². The fraction of sp³-hybridized carbons (Fsp3) is 0.0500. The first-order valence-electron chi connectivity index (χ1n) is 8.13. The first-order valence-corrected chi connectivity index (χ1v) is 8.13. The van der Waals surface area contributed by atoms with Gasteiger partial charge in [0.05, 0.1) is 29.4 Å². The van der Waals surface area contributed by atoms with Gasteiger partial charge in [-0.15, -0.1) is 0 Å². The van der Waals surface area contributed by atoms with Gasteiger partial charge in [0.25, 0.3) is 0 Å². The monoisotopic (exact) mass is 361 g/mol. The molecule has 2 aromatic heterocycles. The lowest BCUT2D eigenvalue weighted by Crippen LogP contribution is -2.00. The second kappa shape index (κ2) is 6.45. The second-order valence-electron chi connectivity index (χ2n) is 5.94. The van der Waals surface area contributed by atoms with Crippen molar-refractivity contribution >= 4 is 17.0 Å². The molecule has 0 aliphatic rings. The maximum absolute atomic E-state index is 11.9. The predicted octanol–water partition coefficient (Wildman–Crippen LogP) is 3.70. The number of carbonyl (C=O) groups is 1. The summed E-state index contributed by atoms with van der Waals surface area (Å²) in [6, 6.07) is 15.2. The van der Waals surface area contributed by atoms with Crippen LogP contribution in [-0.4, -0.2) is 38.5 Å². The van der Waals surface area contributed by atoms with Crippen molar-refractivity contribution in [2.75, 3.05) is 7.11 Å². The van der Waals surface area contributed by atoms with Gasteiger partial charge in [-0.2, -0.15) is 5.10 Å². The third-order valence-corrected chi connectivity index (χ3v) is 4.27. The molecule has 0 saturated heterocycles. The minimum atomic E-state index is -1.08. The van der Waals surface area contributed by atoms with Gasteiger partial charge in [0.1, 0.15) is 11.5 Å². The van der Waals surface area contributed by atoms with E-state index < -0.39 is 5.97 Å². The van der Waals surface area contributed by atoms with E-state index in [1.807, 2.05) is 12.1 Å². The summed E-state index contributed by atoms with van der Waals surface area (Å²) in [5.41, 5.74) is 2.74. The minimum Gasteiger partial charge on any atom is -0.508 e. The molecule has 0 unspecified atom stereocenters. The van der Waals surface area contributed by atoms with E-state index in [1.165, 1.54) is 18.2 Å². The molecule has 0 saturated carbocycles. The zero-order valence-corrected chi connectivity index (χ0v) is 14.3. The molecule has 7 heteroatoms. The number of rotatable bonds is 4. The van der Waals surface area contributed by atoms with E-state index in [1.54, 1.807) is 31.4 Å². The third-order valence-electron chi connectivity index (χ3n) is 4.27. The molecule has 0 fully saturated rings. The van der Waals surface area contributed by atoms with Crippen LogP contribution in [0.4, 0.5) is 0 Å². The summed E-state index contributed by atoms with van der Waals surface area (Å²) in [6.45, 7) is 0. The van der Waals surface area contributed by atoms with Gasteiger partial charge in [0.2, 0.25) is 0 Å². The number of aromatic nitrogens is 3. The van der Waals surface area contributed by atoms with Crippen LogP contribution in [0.15, 0.2) is 54.6 Å². The van der Waals surface area contributed by atoms with Crippen molar-refractivity contribution < 1.29 is 19.7 Å². The van der Waals surface area contributed by atoms with Crippen molar-refractivity contribution in [3.05, 3.63) is 60.2 Å². The quantitative estimate of drug-likeness (QED) is 0.511. The Labute approximate surface area is 153 Å². The molecule has 7 nitrogen and oxygen atoms in total. The van der Waals surface area contributed by atoms with Gasteiger partial charge in [-0.25, -0.2) is 9.78 Å². The number of hydrogen-bond acceptors (Lipinski definition) is 5. The van der Waals surface area contributed by atoms with Crippen LogP contribution in [-0.2, 0) is 0 Å². The molecule has 0 radical (unpaired) electrons. The normalized spacial score (nSPS) is 10.9. The average molecular weight is 361 g/mol. The number of aromatic carboxylic acids is 1. The number of fused-ring (bicyclic) bond motifs is 1. The molecule has 0 bridgehead atoms. The number of nitrogens with zero attached hydrogens (tertiary/aromatic N) is 2. The number of hydrogen-bond donors (Lipinski definition) is 3. The lowest BCUT2D eigenvalue weighted by Gasteiger charge is -2.06. The Balaban J connectivity index is 1.92. The number of phenols is 1. The SMILES string of the molecule is COc1ccc(-c2[nH]nc3nc(-c4cccc(O)c4)cc(C(=O)O)c23)cc1. The maximum atomic E-state index is 11.9. The summed E-state index contributed by atoms with van der Waals surface area (Å²) in [4.78, 5) is 16.4. The number of carboxylic acid groups (broad SMARTS) is 1. The topological polar surface area (TPSA) is 108 Å². The molecule has 27 heavy (non-hydrogen) atoms. The Morgan fingerprint density at radius 2 is 1.85 bits per heavy atom. The average Bonchev–Trinajstić information content (AvgIpc) is 3.11. The smallest absolute Gasteiger partial charge is 0.336 e. The van der Waals surface area contributed by atoms with Crippen LogP contribution in [0.2, 0.25) is 0 Å². The Morgan fingerprint density at radius 3 is 2.52 bits per heavy atom. The Bertz CT molecular complexity index is 1150. The molecular formula is C20H15N3O4. The highest BCUT2D eigenvalue weighted by atomic mass is 16.5. The molecule has 0 aliphatic carbocycles. The summed E-state index contributed by atoms with van der Waals surface area (Å²) >= 11 is 0. The van der Waals surface area contributed by atoms with E-state index in [9.17, 15) is 15.0 Å². The molecule has 2 heterocycles. The predicted molar refractivity (Wildman–Crippen MR) is 99.9 cm³/mol. The number of nitrogens with one attached hydrogen (secondary N) is 1. The van der Waals surface area contributed by atoms with Gasteiger partial charge in [-0.1, -0.05) is 12.1 Å². The fourth-order valence-corrected chi connectivity index (χ4v) is 2.97. The van der Waals surface area contributed by atoms with Crippen LogP contribution in [0.5, 0.6) is 11.5 Å². The van der Waals surface area contributed by atoms with Gasteiger partial charge < -0.3 is 14.9 Å². The number of ether oxygens (including phenoxy) is 1. The summed E-state index contributed by atoms with van der Waals surface area (Å²) in [7, 11) is 1.58. The van der Waals surface area contributed by atoms with Crippen molar-refractivity contribution in [2.24, 2.45) is 0 Å². The third kappa shape index (κ3) is 2.95. The van der Waals surface area contributed by atoms with E-state index in [2.05, 4.69) is 15.2 Å². The zero-order valence-electron chi connectivity index (χ0n) is 14.3. The standard InChI is InChI=1S/C20H15N3O4/c1-27-14-7-5-11(6-8-14)18-17-15(20(25)26)10-16(21-19(17)23-22-18)12-3-2-4-13(24)9-12/h2-10,24H,1H3,(H,25,26)(H,21,22,23). The number of benzene rings is 2. The summed E-state index contributed by atoms with van der Waals surface area (Å²) in [5, 5.41) is 26.9. The van der Waals surface area contributed by atoms with Crippen LogP contribution < -0.4 is 4.74 Å². The highest BCUT2D eigenvalue weighted by Crippen LogP contribution is 2.32. The van der Waals surface area contributed by atoms with Crippen LogP contribution in [0.25, 0.3) is 33.5 Å². The highest BCUT2D eigenvalue weighted by Gasteiger charge is 2.20. The Hall–Kier alpha value is -3.87. The summed E-state index contributed by atoms with van der Waals surface area (Å²) < 4.78 is 5.16. The fourth-order valence-electron chi connectivity index (χ4n) is 2.97. The number of pyridine rings is 1. The molecule has 0 aliphatic heterocycles. The van der Waals surface area contributed by atoms with Gasteiger partial charge >= 0.3 is 5.97 Å². The zero-order chi connectivity index (χ0) is 19.0. The molecular weight excluding hydrogens is 346 g/mol. The van der Waals surface area contributed by atoms with Crippen molar-refractivity contribution in [1.82, 2.24) is 15.2 Å². The molecule has 3 N–H and O–H groups in total. The van der Waals surface area contributed by atoms with E-state index in [0.29, 0.717) is 33.7 Å². The molecule has 134 valence electrons. The van der Waals surface area contributed by atoms with E-state index >= 15 is 0 Å². The molecule has 0 amide bonds. The number of H-pyrrole nitrogens is 1. The van der Waals surface area contributed by atoms with Crippen LogP contribution >= 0.6 is 0 Å². The largest absolute Gasteiger partial charge is 0.508 e. The van der Waals surface area contributed by atoms with Crippen molar-refractivity contribution in [2.45, 2.75) is 0 Å². The first-order chi connectivity index (χ1) is 13.1. The number of methoxy groups -OCH3 is 1. The highest BCUT2D eigenvalue weighted by molar-refractivity contribution is 6.08. The lowest BCUT2D eigenvalue weighted by molar-refractivity contribution is 0.0699. The first kappa shape index (κ1) is 16.6. The Morgan fingerprint density at radius 1 is 1.07 bits per heavy atom.